The van der Waals surface area contributed by atoms with E-state index in [4.69, 9.17) is 14.2 Å². The van der Waals surface area contributed by atoms with Crippen molar-refractivity contribution in [3.05, 3.63) is 87.8 Å². The fourth-order valence-corrected chi connectivity index (χ4v) is 5.48. The van der Waals surface area contributed by atoms with Gasteiger partial charge in [-0.1, -0.05) is 43.3 Å². The van der Waals surface area contributed by atoms with E-state index in [0.717, 1.165) is 23.1 Å². The van der Waals surface area contributed by atoms with E-state index in [1.165, 1.54) is 0 Å². The Hall–Kier alpha value is -3.87. The zero-order chi connectivity index (χ0) is 27.4. The standard InChI is InChI=1S/C31H35NO6/c1-6-19-12-14-20(15-13-19)26-25(30(34)37-7-2)18(4)32-24-17-23(21-10-9-11-22(16-21)36-5)27(29(33)28(24)26)31(35)38-8-3/h9-16,23,26-27,32H,6-8,17H2,1-5H3. The number of allylic oxidation sites excluding steroid dienone is 3. The monoisotopic (exact) mass is 517 g/mol. The molecule has 1 aliphatic heterocycles. The maximum Gasteiger partial charge on any atom is 0.336 e. The second-order valence-electron chi connectivity index (χ2n) is 9.49. The maximum absolute atomic E-state index is 14.3. The van der Waals surface area contributed by atoms with Crippen LogP contribution in [0.3, 0.4) is 0 Å². The Morgan fingerprint density at radius 2 is 1.68 bits per heavy atom. The van der Waals surface area contributed by atoms with Crippen molar-refractivity contribution in [3.63, 3.8) is 0 Å². The second-order valence-corrected chi connectivity index (χ2v) is 9.49. The normalized spacial score (nSPS) is 21.0. The Bertz CT molecular complexity index is 1290. The molecule has 2 aliphatic rings. The van der Waals surface area contributed by atoms with Gasteiger partial charge in [0, 0.05) is 28.8 Å². The molecule has 1 aliphatic carbocycles. The predicted octanol–water partition coefficient (Wildman–Crippen LogP) is 4.97. The number of benzene rings is 2. The number of methoxy groups -OCH3 is 1. The number of carbonyl (C=O) groups excluding carboxylic acids is 3. The number of esters is 2. The molecule has 2 aromatic carbocycles. The van der Waals surface area contributed by atoms with E-state index in [0.29, 0.717) is 34.7 Å². The van der Waals surface area contributed by atoms with E-state index in [1.807, 2.05) is 55.5 Å². The van der Waals surface area contributed by atoms with Crippen LogP contribution < -0.4 is 10.1 Å². The van der Waals surface area contributed by atoms with Crippen LogP contribution in [-0.4, -0.2) is 38.0 Å². The molecule has 0 aromatic heterocycles. The first-order valence-corrected chi connectivity index (χ1v) is 13.2. The highest BCUT2D eigenvalue weighted by molar-refractivity contribution is 6.13. The van der Waals surface area contributed by atoms with Crippen molar-refractivity contribution in [2.45, 2.75) is 52.4 Å². The van der Waals surface area contributed by atoms with E-state index in [1.54, 1.807) is 21.0 Å². The van der Waals surface area contributed by atoms with Gasteiger partial charge >= 0.3 is 11.9 Å². The third kappa shape index (κ3) is 5.10. The van der Waals surface area contributed by atoms with Gasteiger partial charge in [-0.3, -0.25) is 9.59 Å². The van der Waals surface area contributed by atoms with Crippen LogP contribution in [0, 0.1) is 5.92 Å². The van der Waals surface area contributed by atoms with Crippen LogP contribution in [0.5, 0.6) is 5.75 Å². The van der Waals surface area contributed by atoms with Gasteiger partial charge in [-0.25, -0.2) is 4.79 Å². The molecule has 3 unspecified atom stereocenters. The van der Waals surface area contributed by atoms with Crippen molar-refractivity contribution < 1.29 is 28.6 Å². The summed E-state index contributed by atoms with van der Waals surface area (Å²) in [5.74, 6) is -2.92. The maximum atomic E-state index is 14.3. The molecule has 7 nitrogen and oxygen atoms in total. The minimum atomic E-state index is -1.05. The van der Waals surface area contributed by atoms with Crippen molar-refractivity contribution >= 4 is 17.7 Å². The second kappa shape index (κ2) is 11.7. The molecule has 0 saturated heterocycles. The van der Waals surface area contributed by atoms with Gasteiger partial charge < -0.3 is 19.5 Å². The summed E-state index contributed by atoms with van der Waals surface area (Å²) in [6.45, 7) is 7.74. The first-order chi connectivity index (χ1) is 18.3. The molecule has 0 saturated carbocycles. The van der Waals surface area contributed by atoms with Crippen LogP contribution >= 0.6 is 0 Å². The van der Waals surface area contributed by atoms with Gasteiger partial charge in [-0.15, -0.1) is 0 Å². The number of Topliss-reactive ketones (excluding diaryl/α,β-unsaturated/α-hetero) is 1. The van der Waals surface area contributed by atoms with E-state index in [2.05, 4.69) is 12.2 Å². The zero-order valence-electron chi connectivity index (χ0n) is 22.6. The number of hydrogen-bond donors (Lipinski definition) is 1. The van der Waals surface area contributed by atoms with Gasteiger partial charge in [0.2, 0.25) is 0 Å². The molecule has 0 spiro atoms. The van der Waals surface area contributed by atoms with Crippen molar-refractivity contribution in [1.29, 1.82) is 0 Å². The fraction of sp³-hybridized carbons (Fsp3) is 0.387. The molecule has 0 fully saturated rings. The lowest BCUT2D eigenvalue weighted by Crippen LogP contribution is -2.43. The molecule has 0 radical (unpaired) electrons. The Balaban J connectivity index is 1.89. The molecule has 4 rings (SSSR count). The van der Waals surface area contributed by atoms with Crippen molar-refractivity contribution in [2.24, 2.45) is 5.92 Å². The van der Waals surface area contributed by atoms with Crippen LogP contribution in [0.1, 0.15) is 62.6 Å². The van der Waals surface area contributed by atoms with Gasteiger partial charge in [0.15, 0.2) is 5.78 Å². The van der Waals surface area contributed by atoms with Crippen LogP contribution in [-0.2, 0) is 30.3 Å². The molecular formula is C31H35NO6. The molecule has 7 heteroatoms. The number of hydrogen-bond acceptors (Lipinski definition) is 7. The predicted molar refractivity (Wildman–Crippen MR) is 144 cm³/mol. The van der Waals surface area contributed by atoms with E-state index in [-0.39, 0.29) is 19.0 Å². The molecular weight excluding hydrogens is 482 g/mol. The summed E-state index contributed by atoms with van der Waals surface area (Å²) >= 11 is 0. The summed E-state index contributed by atoms with van der Waals surface area (Å²) in [4.78, 5) is 40.9. The molecule has 1 heterocycles. The first-order valence-electron chi connectivity index (χ1n) is 13.2. The highest BCUT2D eigenvalue weighted by Crippen LogP contribution is 2.48. The number of aryl methyl sites for hydroxylation is 1. The summed E-state index contributed by atoms with van der Waals surface area (Å²) in [6.07, 6.45) is 1.26. The molecule has 1 N–H and O–H groups in total. The molecule has 200 valence electrons. The van der Waals surface area contributed by atoms with Crippen LogP contribution in [0.2, 0.25) is 0 Å². The quantitative estimate of drug-likeness (QED) is 0.390. The smallest absolute Gasteiger partial charge is 0.336 e. The number of nitrogens with one attached hydrogen (secondary N) is 1. The first kappa shape index (κ1) is 27.2. The van der Waals surface area contributed by atoms with Crippen molar-refractivity contribution in [1.82, 2.24) is 5.32 Å². The molecule has 0 amide bonds. The summed E-state index contributed by atoms with van der Waals surface area (Å²) in [5, 5.41) is 3.33. The van der Waals surface area contributed by atoms with Gasteiger partial charge in [-0.2, -0.15) is 0 Å². The lowest BCUT2D eigenvalue weighted by molar-refractivity contribution is -0.152. The summed E-state index contributed by atoms with van der Waals surface area (Å²) in [5.41, 5.74) is 4.90. The number of rotatable bonds is 8. The SMILES string of the molecule is CCOC(=O)C1=C(C)NC2=C(C(=O)C(C(=O)OCC)C(c3cccc(OC)c3)C2)C1c1ccc(CC)cc1. The van der Waals surface area contributed by atoms with E-state index < -0.39 is 29.7 Å². The highest BCUT2D eigenvalue weighted by atomic mass is 16.5. The Kier molecular flexibility index (Phi) is 8.35. The average molecular weight is 518 g/mol. The molecule has 38 heavy (non-hydrogen) atoms. The van der Waals surface area contributed by atoms with Crippen molar-refractivity contribution in [2.75, 3.05) is 20.3 Å². The third-order valence-electron chi connectivity index (χ3n) is 7.30. The van der Waals surface area contributed by atoms with E-state index in [9.17, 15) is 14.4 Å². The summed E-state index contributed by atoms with van der Waals surface area (Å²) in [7, 11) is 1.58. The highest BCUT2D eigenvalue weighted by Gasteiger charge is 2.49. The van der Waals surface area contributed by atoms with Gasteiger partial charge in [-0.05, 0) is 62.4 Å². The number of dihydropyridines is 1. The minimum Gasteiger partial charge on any atom is -0.497 e. The Morgan fingerprint density at radius 1 is 0.974 bits per heavy atom. The zero-order valence-corrected chi connectivity index (χ0v) is 22.6. The third-order valence-corrected chi connectivity index (χ3v) is 7.30. The van der Waals surface area contributed by atoms with Gasteiger partial charge in [0.1, 0.15) is 11.7 Å². The number of ether oxygens (including phenoxy) is 3. The molecule has 3 atom stereocenters. The Labute approximate surface area is 223 Å². The average Bonchev–Trinajstić information content (AvgIpc) is 2.92. The number of ketones is 1. The lowest BCUT2D eigenvalue weighted by Gasteiger charge is -2.39. The molecule has 0 bridgehead atoms. The van der Waals surface area contributed by atoms with Gasteiger partial charge in [0.25, 0.3) is 0 Å². The minimum absolute atomic E-state index is 0.159. The van der Waals surface area contributed by atoms with Gasteiger partial charge in [0.05, 0.1) is 25.9 Å². The number of carbonyl (C=O) groups is 3. The van der Waals surface area contributed by atoms with E-state index >= 15 is 0 Å². The lowest BCUT2D eigenvalue weighted by atomic mass is 9.67. The largest absolute Gasteiger partial charge is 0.497 e. The summed E-state index contributed by atoms with van der Waals surface area (Å²) in [6, 6.07) is 15.3. The molecule has 2 aromatic rings. The Morgan fingerprint density at radius 3 is 2.32 bits per heavy atom. The summed E-state index contributed by atoms with van der Waals surface area (Å²) < 4.78 is 16.2. The van der Waals surface area contributed by atoms with Crippen LogP contribution in [0.15, 0.2) is 71.1 Å². The van der Waals surface area contributed by atoms with Crippen LogP contribution in [0.4, 0.5) is 0 Å². The topological polar surface area (TPSA) is 90.9 Å². The van der Waals surface area contributed by atoms with Crippen molar-refractivity contribution in [3.8, 4) is 5.75 Å². The van der Waals surface area contributed by atoms with Crippen LogP contribution in [0.25, 0.3) is 0 Å². The fourth-order valence-electron chi connectivity index (χ4n) is 5.48.